The zero-order valence-electron chi connectivity index (χ0n) is 22.4. The second-order valence-electron chi connectivity index (χ2n) is 11.1. The van der Waals surface area contributed by atoms with Crippen LogP contribution in [-0.2, 0) is 24.1 Å². The molecule has 2 aliphatic rings. The second-order valence-corrected chi connectivity index (χ2v) is 13.6. The van der Waals surface area contributed by atoms with E-state index >= 15 is 0 Å². The van der Waals surface area contributed by atoms with Crippen molar-refractivity contribution in [3.63, 3.8) is 0 Å². The average molecular weight is 574 g/mol. The van der Waals surface area contributed by atoms with Crippen LogP contribution in [0.3, 0.4) is 0 Å². The standard InChI is InChI=1S/C29H32ClNO7S/c1-6-18-15-21(19-8-7-9-20(14-19)39(5,35)36)23(30)16-22(18)24-25(32)29(38-26(24)33)10-12-31(13-11-29)27(34)37-17-28(2,3)4/h6-9,14-16,32H,1,10-13,17H2,2-5H3. The molecule has 1 spiro atoms. The fourth-order valence-electron chi connectivity index (χ4n) is 4.69. The first-order valence-corrected chi connectivity index (χ1v) is 14.8. The maximum Gasteiger partial charge on any atom is 0.409 e. The van der Waals surface area contributed by atoms with E-state index in [-0.39, 0.29) is 59.2 Å². The highest BCUT2D eigenvalue weighted by molar-refractivity contribution is 7.90. The van der Waals surface area contributed by atoms with Crippen molar-refractivity contribution in [1.82, 2.24) is 4.90 Å². The quantitative estimate of drug-likeness (QED) is 0.444. The summed E-state index contributed by atoms with van der Waals surface area (Å²) in [7, 11) is -3.43. The van der Waals surface area contributed by atoms with Gasteiger partial charge in [0, 0.05) is 48.3 Å². The van der Waals surface area contributed by atoms with Crippen LogP contribution in [0.2, 0.25) is 5.02 Å². The number of hydrogen-bond acceptors (Lipinski definition) is 7. The number of esters is 1. The van der Waals surface area contributed by atoms with E-state index < -0.39 is 27.5 Å². The van der Waals surface area contributed by atoms with Crippen molar-refractivity contribution in [2.45, 2.75) is 44.1 Å². The van der Waals surface area contributed by atoms with E-state index in [9.17, 15) is 23.1 Å². The number of likely N-dealkylation sites (tertiary alicyclic amines) is 1. The van der Waals surface area contributed by atoms with Crippen LogP contribution in [0, 0.1) is 5.41 Å². The van der Waals surface area contributed by atoms with Crippen LogP contribution in [-0.4, -0.2) is 62.0 Å². The van der Waals surface area contributed by atoms with Gasteiger partial charge in [-0.3, -0.25) is 0 Å². The summed E-state index contributed by atoms with van der Waals surface area (Å²) in [6.07, 6.45) is 2.65. The first-order valence-electron chi connectivity index (χ1n) is 12.5. The molecule has 2 aromatic carbocycles. The van der Waals surface area contributed by atoms with Crippen molar-refractivity contribution < 1.29 is 32.6 Å². The third-order valence-electron chi connectivity index (χ3n) is 6.82. The number of piperidine rings is 1. The predicted octanol–water partition coefficient (Wildman–Crippen LogP) is 5.90. The molecule has 0 radical (unpaired) electrons. The number of carbonyl (C=O) groups is 2. The third kappa shape index (κ3) is 5.84. The summed E-state index contributed by atoms with van der Waals surface area (Å²) in [4.78, 5) is 27.3. The molecule has 10 heteroatoms. The molecule has 208 valence electrons. The first kappa shape index (κ1) is 28.7. The molecule has 1 amide bonds. The van der Waals surface area contributed by atoms with Crippen LogP contribution in [0.25, 0.3) is 22.8 Å². The van der Waals surface area contributed by atoms with Gasteiger partial charge in [0.25, 0.3) is 0 Å². The van der Waals surface area contributed by atoms with Gasteiger partial charge in [-0.25, -0.2) is 18.0 Å². The summed E-state index contributed by atoms with van der Waals surface area (Å²) < 4.78 is 35.2. The molecule has 0 unspecified atom stereocenters. The molecule has 0 aliphatic carbocycles. The van der Waals surface area contributed by atoms with Gasteiger partial charge in [-0.1, -0.05) is 57.2 Å². The molecule has 1 saturated heterocycles. The molecule has 0 atom stereocenters. The van der Waals surface area contributed by atoms with E-state index in [0.29, 0.717) is 22.3 Å². The van der Waals surface area contributed by atoms with Gasteiger partial charge >= 0.3 is 12.1 Å². The normalized spacial score (nSPS) is 17.4. The molecule has 0 aromatic heterocycles. The Morgan fingerprint density at radius 2 is 1.87 bits per heavy atom. The smallest absolute Gasteiger partial charge is 0.409 e. The van der Waals surface area contributed by atoms with Crippen LogP contribution in [0.5, 0.6) is 0 Å². The van der Waals surface area contributed by atoms with E-state index in [1.807, 2.05) is 20.8 Å². The molecule has 0 saturated carbocycles. The number of nitrogens with zero attached hydrogens (tertiary/aromatic N) is 1. The van der Waals surface area contributed by atoms with Crippen molar-refractivity contribution in [1.29, 1.82) is 0 Å². The maximum absolute atomic E-state index is 13.1. The fourth-order valence-corrected chi connectivity index (χ4v) is 5.63. The molecule has 2 heterocycles. The Morgan fingerprint density at radius 3 is 2.46 bits per heavy atom. The molecule has 39 heavy (non-hydrogen) atoms. The number of amides is 1. The van der Waals surface area contributed by atoms with E-state index in [1.54, 1.807) is 29.2 Å². The molecule has 8 nitrogen and oxygen atoms in total. The summed E-state index contributed by atoms with van der Waals surface area (Å²) in [5.41, 5.74) is 0.561. The number of hydrogen-bond donors (Lipinski definition) is 1. The number of rotatable bonds is 5. The topological polar surface area (TPSA) is 110 Å². The highest BCUT2D eigenvalue weighted by atomic mass is 35.5. The Kier molecular flexibility index (Phi) is 7.62. The fraction of sp³-hybridized carbons (Fsp3) is 0.379. The van der Waals surface area contributed by atoms with Crippen LogP contribution < -0.4 is 0 Å². The third-order valence-corrected chi connectivity index (χ3v) is 8.24. The van der Waals surface area contributed by atoms with Crippen molar-refractivity contribution in [3.8, 4) is 11.1 Å². The molecule has 1 N–H and O–H groups in total. The zero-order valence-corrected chi connectivity index (χ0v) is 24.0. The van der Waals surface area contributed by atoms with Gasteiger partial charge in [-0.05, 0) is 40.8 Å². The van der Waals surface area contributed by atoms with E-state index in [4.69, 9.17) is 21.1 Å². The van der Waals surface area contributed by atoms with Crippen LogP contribution in [0.4, 0.5) is 4.79 Å². The van der Waals surface area contributed by atoms with Crippen LogP contribution >= 0.6 is 11.6 Å². The van der Waals surface area contributed by atoms with Gasteiger partial charge in [0.1, 0.15) is 5.57 Å². The Labute approximate surface area is 233 Å². The highest BCUT2D eigenvalue weighted by Gasteiger charge is 2.51. The molecule has 1 fully saturated rings. The van der Waals surface area contributed by atoms with Gasteiger partial charge in [0.15, 0.2) is 21.2 Å². The summed E-state index contributed by atoms with van der Waals surface area (Å²) in [6.45, 7) is 10.5. The average Bonchev–Trinajstić information content (AvgIpc) is 3.10. The Bertz CT molecular complexity index is 1480. The number of sulfone groups is 1. The van der Waals surface area contributed by atoms with Gasteiger partial charge in [0.05, 0.1) is 11.5 Å². The molecule has 2 aliphatic heterocycles. The lowest BCUT2D eigenvalue weighted by Crippen LogP contribution is -2.48. The summed E-state index contributed by atoms with van der Waals surface area (Å²) in [6, 6.07) is 9.63. The van der Waals surface area contributed by atoms with Gasteiger partial charge in [-0.2, -0.15) is 0 Å². The van der Waals surface area contributed by atoms with Crippen LogP contribution in [0.15, 0.2) is 53.6 Å². The van der Waals surface area contributed by atoms with E-state index in [2.05, 4.69) is 6.58 Å². The second kappa shape index (κ2) is 10.4. The molecular weight excluding hydrogens is 542 g/mol. The van der Waals surface area contributed by atoms with Crippen molar-refractivity contribution in [3.05, 3.63) is 64.9 Å². The van der Waals surface area contributed by atoms with Gasteiger partial charge in [0.2, 0.25) is 0 Å². The minimum Gasteiger partial charge on any atom is -0.507 e. The molecule has 4 rings (SSSR count). The van der Waals surface area contributed by atoms with E-state index in [0.717, 1.165) is 6.26 Å². The first-order chi connectivity index (χ1) is 18.1. The SMILES string of the molecule is C=Cc1cc(-c2cccc(S(C)(=O)=O)c2)c(Cl)cc1C1=C(O)C2(CCN(C(=O)OCC(C)(C)C)CC2)OC1=O. The van der Waals surface area contributed by atoms with Crippen LogP contribution in [0.1, 0.15) is 44.7 Å². The maximum atomic E-state index is 13.1. The minimum absolute atomic E-state index is 0.00741. The zero-order chi connectivity index (χ0) is 28.8. The van der Waals surface area contributed by atoms with Gasteiger partial charge in [-0.15, -0.1) is 0 Å². The molecule has 2 aromatic rings. The Balaban J connectivity index is 1.64. The van der Waals surface area contributed by atoms with Crippen molar-refractivity contribution in [2.75, 3.05) is 26.0 Å². The van der Waals surface area contributed by atoms with E-state index in [1.165, 1.54) is 18.2 Å². The minimum atomic E-state index is -3.43. The lowest BCUT2D eigenvalue weighted by Gasteiger charge is -2.37. The lowest BCUT2D eigenvalue weighted by atomic mass is 9.86. The number of ether oxygens (including phenoxy) is 2. The molecular formula is C29H32ClNO7S. The summed E-state index contributed by atoms with van der Waals surface area (Å²) in [5.74, 6) is -0.900. The number of aliphatic hydroxyl groups is 1. The Morgan fingerprint density at radius 1 is 1.21 bits per heavy atom. The number of aliphatic hydroxyl groups excluding tert-OH is 1. The van der Waals surface area contributed by atoms with Crippen molar-refractivity contribution in [2.24, 2.45) is 5.41 Å². The van der Waals surface area contributed by atoms with Crippen molar-refractivity contribution >= 4 is 45.1 Å². The number of carbonyl (C=O) groups excluding carboxylic acids is 2. The highest BCUT2D eigenvalue weighted by Crippen LogP contribution is 2.45. The monoisotopic (exact) mass is 573 g/mol. The summed E-state index contributed by atoms with van der Waals surface area (Å²) >= 11 is 6.63. The summed E-state index contributed by atoms with van der Waals surface area (Å²) in [5, 5.41) is 11.6. The largest absolute Gasteiger partial charge is 0.507 e. The predicted molar refractivity (Wildman–Crippen MR) is 150 cm³/mol. The lowest BCUT2D eigenvalue weighted by molar-refractivity contribution is -0.150. The number of halogens is 1. The molecule has 0 bridgehead atoms. The Hall–Kier alpha value is -3.30. The number of benzene rings is 2. The van der Waals surface area contributed by atoms with Gasteiger partial charge < -0.3 is 19.5 Å².